The van der Waals surface area contributed by atoms with Gasteiger partial charge in [-0.05, 0) is 25.0 Å². The van der Waals surface area contributed by atoms with Crippen LogP contribution in [0.5, 0.6) is 0 Å². The van der Waals surface area contributed by atoms with Crippen LogP contribution in [-0.4, -0.2) is 40.0 Å². The predicted molar refractivity (Wildman–Crippen MR) is 114 cm³/mol. The van der Waals surface area contributed by atoms with Crippen molar-refractivity contribution in [2.75, 3.05) is 18.4 Å². The molecule has 0 bridgehead atoms. The minimum atomic E-state index is -0.0938. The quantitative estimate of drug-likeness (QED) is 0.523. The number of rotatable bonds is 3. The van der Waals surface area contributed by atoms with Crippen LogP contribution in [0, 0.1) is 5.92 Å². The number of likely N-dealkylation sites (tertiary alicyclic amines) is 1. The van der Waals surface area contributed by atoms with E-state index >= 15 is 0 Å². The van der Waals surface area contributed by atoms with Crippen molar-refractivity contribution >= 4 is 70.4 Å². The van der Waals surface area contributed by atoms with Gasteiger partial charge in [0.1, 0.15) is 5.51 Å². The minimum Gasteiger partial charge on any atom is -0.338 e. The highest BCUT2D eigenvalue weighted by Crippen LogP contribution is 2.39. The second-order valence-electron chi connectivity index (χ2n) is 6.70. The molecule has 1 aromatic carbocycles. The molecule has 142 valence electrons. The molecular weight excluding hydrogens is 412 g/mol. The highest BCUT2D eigenvalue weighted by molar-refractivity contribution is 7.33. The molecule has 6 nitrogen and oxygen atoms in total. The van der Waals surface area contributed by atoms with Gasteiger partial charge in [-0.15, -0.1) is 32.9 Å². The lowest BCUT2D eigenvalue weighted by molar-refractivity contribution is -0.121. The summed E-state index contributed by atoms with van der Waals surface area (Å²) in [6, 6.07) is 10.3. The number of carbonyl (C=O) groups is 2. The van der Waals surface area contributed by atoms with E-state index in [2.05, 4.69) is 27.6 Å². The summed E-state index contributed by atoms with van der Waals surface area (Å²) >= 11 is 4.61. The lowest BCUT2D eigenvalue weighted by Crippen LogP contribution is -2.41. The summed E-state index contributed by atoms with van der Waals surface area (Å²) in [4.78, 5) is 28.0. The van der Waals surface area contributed by atoms with E-state index in [1.165, 1.54) is 30.8 Å². The second-order valence-corrected chi connectivity index (χ2v) is 9.67. The molecular formula is C19H16N4O2S3. The van der Waals surface area contributed by atoms with E-state index in [0.717, 1.165) is 4.88 Å². The zero-order chi connectivity index (χ0) is 19.1. The molecule has 0 spiro atoms. The first-order valence-electron chi connectivity index (χ1n) is 8.96. The summed E-state index contributed by atoms with van der Waals surface area (Å²) in [5.41, 5.74) is 1.59. The van der Waals surface area contributed by atoms with Crippen molar-refractivity contribution in [1.29, 1.82) is 0 Å². The molecule has 3 aromatic heterocycles. The standard InChI is InChI=1S/C19H16N4O2S3/c24-17(21-19-22-20-10-26-19)11-5-7-23(8-6-11)18(25)15-9-14-16(28-15)12-3-1-2-4-13(12)27-14/h1-4,9-11H,5-8H2,(H,21,22,24). The first-order chi connectivity index (χ1) is 13.7. The van der Waals surface area contributed by atoms with E-state index in [0.29, 0.717) is 31.1 Å². The third-order valence-corrected chi connectivity index (χ3v) is 8.01. The molecule has 1 aliphatic rings. The average molecular weight is 429 g/mol. The molecule has 1 saturated heterocycles. The van der Waals surface area contributed by atoms with Crippen molar-refractivity contribution in [2.24, 2.45) is 5.92 Å². The van der Waals surface area contributed by atoms with Gasteiger partial charge < -0.3 is 10.2 Å². The van der Waals surface area contributed by atoms with Gasteiger partial charge >= 0.3 is 0 Å². The number of nitrogens with zero attached hydrogens (tertiary/aromatic N) is 3. The van der Waals surface area contributed by atoms with Gasteiger partial charge in [-0.2, -0.15) is 0 Å². The average Bonchev–Trinajstić information content (AvgIpc) is 3.43. The molecule has 2 amide bonds. The Hall–Kier alpha value is -2.36. The lowest BCUT2D eigenvalue weighted by Gasteiger charge is -2.30. The van der Waals surface area contributed by atoms with Gasteiger partial charge in [0, 0.05) is 33.8 Å². The van der Waals surface area contributed by atoms with E-state index in [1.807, 2.05) is 23.1 Å². The second kappa shape index (κ2) is 7.23. The van der Waals surface area contributed by atoms with Gasteiger partial charge in [-0.3, -0.25) is 9.59 Å². The van der Waals surface area contributed by atoms with E-state index in [-0.39, 0.29) is 17.7 Å². The van der Waals surface area contributed by atoms with E-state index < -0.39 is 0 Å². The van der Waals surface area contributed by atoms with E-state index in [4.69, 9.17) is 0 Å². The summed E-state index contributed by atoms with van der Waals surface area (Å²) in [5, 5.41) is 12.1. The Labute approximate surface area is 172 Å². The van der Waals surface area contributed by atoms with Crippen LogP contribution < -0.4 is 5.32 Å². The van der Waals surface area contributed by atoms with Gasteiger partial charge in [0.15, 0.2) is 0 Å². The first kappa shape index (κ1) is 17.7. The molecule has 28 heavy (non-hydrogen) atoms. The Kier molecular flexibility index (Phi) is 4.58. The van der Waals surface area contributed by atoms with Crippen molar-refractivity contribution < 1.29 is 9.59 Å². The highest BCUT2D eigenvalue weighted by atomic mass is 32.1. The molecule has 1 fully saturated rings. The van der Waals surface area contributed by atoms with Crippen LogP contribution in [0.15, 0.2) is 35.8 Å². The maximum absolute atomic E-state index is 13.0. The molecule has 5 rings (SSSR count). The van der Waals surface area contributed by atoms with Gasteiger partial charge in [-0.25, -0.2) is 0 Å². The number of hydrogen-bond donors (Lipinski definition) is 1. The molecule has 1 aliphatic heterocycles. The molecule has 4 aromatic rings. The summed E-state index contributed by atoms with van der Waals surface area (Å²) in [7, 11) is 0. The van der Waals surface area contributed by atoms with Crippen LogP contribution in [0.25, 0.3) is 19.5 Å². The summed E-state index contributed by atoms with van der Waals surface area (Å²) in [6.45, 7) is 1.19. The number of amides is 2. The van der Waals surface area contributed by atoms with Crippen LogP contribution in [0.3, 0.4) is 0 Å². The number of nitrogens with one attached hydrogen (secondary N) is 1. The SMILES string of the molecule is O=C(Nc1nncs1)C1CCN(C(=O)c2cc3sc4ccccc4c3s2)CC1. The van der Waals surface area contributed by atoms with Crippen molar-refractivity contribution in [3.8, 4) is 0 Å². The topological polar surface area (TPSA) is 75.2 Å². The Morgan fingerprint density at radius 1 is 1.11 bits per heavy atom. The minimum absolute atomic E-state index is 0.0352. The fraction of sp³-hybridized carbons (Fsp3) is 0.263. The number of benzene rings is 1. The zero-order valence-corrected chi connectivity index (χ0v) is 17.2. The van der Waals surface area contributed by atoms with Crippen molar-refractivity contribution in [1.82, 2.24) is 15.1 Å². The number of fused-ring (bicyclic) bond motifs is 3. The monoisotopic (exact) mass is 428 g/mol. The number of hydrogen-bond acceptors (Lipinski definition) is 7. The maximum atomic E-state index is 13.0. The Morgan fingerprint density at radius 2 is 1.93 bits per heavy atom. The van der Waals surface area contributed by atoms with Crippen molar-refractivity contribution in [2.45, 2.75) is 12.8 Å². The molecule has 0 atom stereocenters. The number of anilines is 1. The van der Waals surface area contributed by atoms with E-state index in [1.54, 1.807) is 28.2 Å². The van der Waals surface area contributed by atoms with Crippen LogP contribution in [-0.2, 0) is 4.79 Å². The van der Waals surface area contributed by atoms with Crippen LogP contribution >= 0.6 is 34.0 Å². The molecule has 4 heterocycles. The highest BCUT2D eigenvalue weighted by Gasteiger charge is 2.29. The van der Waals surface area contributed by atoms with Crippen molar-refractivity contribution in [3.05, 3.63) is 40.7 Å². The number of carbonyl (C=O) groups excluding carboxylic acids is 2. The predicted octanol–water partition coefficient (Wildman–Crippen LogP) is 4.46. The van der Waals surface area contributed by atoms with E-state index in [9.17, 15) is 9.59 Å². The molecule has 1 N–H and O–H groups in total. The smallest absolute Gasteiger partial charge is 0.263 e. The molecule has 0 aliphatic carbocycles. The Bertz CT molecular complexity index is 1160. The molecule has 0 unspecified atom stereocenters. The number of piperidine rings is 1. The molecule has 9 heteroatoms. The summed E-state index contributed by atoms with van der Waals surface area (Å²) in [5.74, 6) is -0.0591. The summed E-state index contributed by atoms with van der Waals surface area (Å²) in [6.07, 6.45) is 1.33. The largest absolute Gasteiger partial charge is 0.338 e. The lowest BCUT2D eigenvalue weighted by atomic mass is 9.96. The maximum Gasteiger partial charge on any atom is 0.263 e. The Morgan fingerprint density at radius 3 is 2.71 bits per heavy atom. The Balaban J connectivity index is 1.26. The van der Waals surface area contributed by atoms with Crippen LogP contribution in [0.2, 0.25) is 0 Å². The number of aromatic nitrogens is 2. The van der Waals surface area contributed by atoms with Gasteiger partial charge in [0.05, 0.1) is 9.58 Å². The fourth-order valence-electron chi connectivity index (χ4n) is 3.54. The van der Waals surface area contributed by atoms with Crippen LogP contribution in [0.1, 0.15) is 22.5 Å². The molecule has 0 radical (unpaired) electrons. The van der Waals surface area contributed by atoms with Gasteiger partial charge in [-0.1, -0.05) is 29.5 Å². The fourth-order valence-corrected chi connectivity index (χ4v) is 6.48. The number of thiophene rings is 2. The third-order valence-electron chi connectivity index (χ3n) is 5.00. The van der Waals surface area contributed by atoms with Crippen molar-refractivity contribution in [3.63, 3.8) is 0 Å². The third kappa shape index (κ3) is 3.19. The first-order valence-corrected chi connectivity index (χ1v) is 11.5. The summed E-state index contributed by atoms with van der Waals surface area (Å²) < 4.78 is 3.61. The van der Waals surface area contributed by atoms with Crippen LogP contribution in [0.4, 0.5) is 5.13 Å². The van der Waals surface area contributed by atoms with Gasteiger partial charge in [0.25, 0.3) is 5.91 Å². The normalized spacial score (nSPS) is 15.4. The zero-order valence-electron chi connectivity index (χ0n) is 14.8. The van der Waals surface area contributed by atoms with Gasteiger partial charge in [0.2, 0.25) is 11.0 Å². The molecule has 0 saturated carbocycles.